The van der Waals surface area contributed by atoms with Gasteiger partial charge in [-0.05, 0) is 43.9 Å². The second-order valence-corrected chi connectivity index (χ2v) is 5.46. The predicted octanol–water partition coefficient (Wildman–Crippen LogP) is 4.11. The Hall–Kier alpha value is -0.0400. The molecule has 0 aromatic rings. The number of hydrogen-bond donors (Lipinski definition) is 1. The normalized spacial score (nSPS) is 27.2. The van der Waals surface area contributed by atoms with E-state index >= 15 is 0 Å². The van der Waals surface area contributed by atoms with Crippen LogP contribution in [0.5, 0.6) is 0 Å². The van der Waals surface area contributed by atoms with E-state index in [-0.39, 0.29) is 0 Å². The van der Waals surface area contributed by atoms with Crippen molar-refractivity contribution in [2.24, 2.45) is 17.6 Å². The average Bonchev–Trinajstić information content (AvgIpc) is 2.22. The molecule has 1 aliphatic carbocycles. The van der Waals surface area contributed by atoms with Crippen molar-refractivity contribution in [1.29, 1.82) is 0 Å². The zero-order valence-electron chi connectivity index (χ0n) is 10.7. The average molecular weight is 211 g/mol. The quantitative estimate of drug-likeness (QED) is 0.703. The van der Waals surface area contributed by atoms with Crippen LogP contribution in [-0.4, -0.2) is 6.04 Å². The van der Waals surface area contributed by atoms with Crippen LogP contribution in [0.25, 0.3) is 0 Å². The molecular formula is C14H29N. The molecule has 1 fully saturated rings. The third kappa shape index (κ3) is 5.01. The summed E-state index contributed by atoms with van der Waals surface area (Å²) in [6, 6.07) is 0.511. The molecule has 1 saturated carbocycles. The zero-order valence-corrected chi connectivity index (χ0v) is 10.7. The van der Waals surface area contributed by atoms with E-state index in [0.717, 1.165) is 11.8 Å². The number of rotatable bonds is 6. The summed E-state index contributed by atoms with van der Waals surface area (Å²) < 4.78 is 0. The Morgan fingerprint density at radius 3 is 2.00 bits per heavy atom. The van der Waals surface area contributed by atoms with Gasteiger partial charge in [0.15, 0.2) is 0 Å². The van der Waals surface area contributed by atoms with Crippen molar-refractivity contribution in [2.45, 2.75) is 77.7 Å². The smallest absolute Gasteiger partial charge is 0.00390 e. The van der Waals surface area contributed by atoms with Crippen LogP contribution in [-0.2, 0) is 0 Å². The van der Waals surface area contributed by atoms with Gasteiger partial charge in [-0.1, -0.05) is 39.5 Å². The van der Waals surface area contributed by atoms with E-state index in [4.69, 9.17) is 5.73 Å². The molecule has 15 heavy (non-hydrogen) atoms. The van der Waals surface area contributed by atoms with Crippen LogP contribution < -0.4 is 5.73 Å². The van der Waals surface area contributed by atoms with Crippen LogP contribution in [0.3, 0.4) is 0 Å². The van der Waals surface area contributed by atoms with Gasteiger partial charge in [0.05, 0.1) is 0 Å². The zero-order chi connectivity index (χ0) is 11.1. The molecule has 0 unspecified atom stereocenters. The van der Waals surface area contributed by atoms with Gasteiger partial charge in [-0.3, -0.25) is 0 Å². The molecular weight excluding hydrogens is 182 g/mol. The Morgan fingerprint density at radius 1 is 1.00 bits per heavy atom. The largest absolute Gasteiger partial charge is 0.328 e. The second kappa shape index (κ2) is 7.27. The van der Waals surface area contributed by atoms with E-state index in [9.17, 15) is 0 Å². The first kappa shape index (κ1) is 13.0. The standard InChI is InChI=1S/C14H29N/c1-3-5-12(6-4-2)11-13-7-9-14(15)10-8-13/h12-14H,3-11,15H2,1-2H3. The Balaban J connectivity index is 2.24. The molecule has 0 bridgehead atoms. The fraction of sp³-hybridized carbons (Fsp3) is 1.00. The van der Waals surface area contributed by atoms with Crippen LogP contribution in [0.4, 0.5) is 0 Å². The van der Waals surface area contributed by atoms with Crippen molar-refractivity contribution in [2.75, 3.05) is 0 Å². The lowest BCUT2D eigenvalue weighted by Gasteiger charge is -2.29. The van der Waals surface area contributed by atoms with Crippen LogP contribution in [0.1, 0.15) is 71.6 Å². The van der Waals surface area contributed by atoms with Crippen molar-refractivity contribution in [3.63, 3.8) is 0 Å². The summed E-state index contributed by atoms with van der Waals surface area (Å²) >= 11 is 0. The first-order valence-corrected chi connectivity index (χ1v) is 7.01. The predicted molar refractivity (Wildman–Crippen MR) is 67.9 cm³/mol. The minimum Gasteiger partial charge on any atom is -0.328 e. The molecule has 0 aliphatic heterocycles. The van der Waals surface area contributed by atoms with E-state index < -0.39 is 0 Å². The lowest BCUT2D eigenvalue weighted by atomic mass is 9.79. The van der Waals surface area contributed by atoms with Crippen molar-refractivity contribution in [3.05, 3.63) is 0 Å². The topological polar surface area (TPSA) is 26.0 Å². The summed E-state index contributed by atoms with van der Waals surface area (Å²) in [5, 5.41) is 0. The van der Waals surface area contributed by atoms with Gasteiger partial charge in [-0.15, -0.1) is 0 Å². The SMILES string of the molecule is CCCC(CCC)CC1CCC(N)CC1. The highest BCUT2D eigenvalue weighted by Gasteiger charge is 2.21. The van der Waals surface area contributed by atoms with Gasteiger partial charge < -0.3 is 5.73 Å². The molecule has 0 aromatic heterocycles. The maximum Gasteiger partial charge on any atom is 0.00390 e. The van der Waals surface area contributed by atoms with Crippen molar-refractivity contribution in [1.82, 2.24) is 0 Å². The molecule has 0 amide bonds. The minimum atomic E-state index is 0.511. The maximum atomic E-state index is 5.95. The summed E-state index contributed by atoms with van der Waals surface area (Å²) in [7, 11) is 0. The van der Waals surface area contributed by atoms with E-state index in [0.29, 0.717) is 6.04 Å². The lowest BCUT2D eigenvalue weighted by Crippen LogP contribution is -2.27. The van der Waals surface area contributed by atoms with E-state index in [1.807, 2.05) is 0 Å². The molecule has 90 valence electrons. The van der Waals surface area contributed by atoms with Gasteiger partial charge >= 0.3 is 0 Å². The highest BCUT2D eigenvalue weighted by molar-refractivity contribution is 4.76. The van der Waals surface area contributed by atoms with Gasteiger partial charge in [0.2, 0.25) is 0 Å². The Bertz CT molecular complexity index is 141. The highest BCUT2D eigenvalue weighted by atomic mass is 14.6. The lowest BCUT2D eigenvalue weighted by molar-refractivity contribution is 0.253. The molecule has 2 N–H and O–H groups in total. The van der Waals surface area contributed by atoms with Crippen LogP contribution in [0.15, 0.2) is 0 Å². The third-order valence-electron chi connectivity index (χ3n) is 3.95. The molecule has 0 heterocycles. The van der Waals surface area contributed by atoms with Crippen molar-refractivity contribution >= 4 is 0 Å². The maximum absolute atomic E-state index is 5.95. The van der Waals surface area contributed by atoms with Crippen molar-refractivity contribution < 1.29 is 0 Å². The molecule has 0 saturated heterocycles. The second-order valence-electron chi connectivity index (χ2n) is 5.46. The number of hydrogen-bond acceptors (Lipinski definition) is 1. The van der Waals surface area contributed by atoms with Crippen LogP contribution in [0, 0.1) is 11.8 Å². The van der Waals surface area contributed by atoms with Gasteiger partial charge in [-0.2, -0.15) is 0 Å². The highest BCUT2D eigenvalue weighted by Crippen LogP contribution is 2.31. The van der Waals surface area contributed by atoms with E-state index in [2.05, 4.69) is 13.8 Å². The summed E-state index contributed by atoms with van der Waals surface area (Å²) in [5.41, 5.74) is 5.95. The van der Waals surface area contributed by atoms with E-state index in [1.54, 1.807) is 0 Å². The molecule has 0 spiro atoms. The molecule has 0 atom stereocenters. The summed E-state index contributed by atoms with van der Waals surface area (Å²) in [5.74, 6) is 1.99. The molecule has 1 aliphatic rings. The van der Waals surface area contributed by atoms with Crippen LogP contribution in [0.2, 0.25) is 0 Å². The Kier molecular flexibility index (Phi) is 6.31. The number of nitrogens with two attached hydrogens (primary N) is 1. The minimum absolute atomic E-state index is 0.511. The van der Waals surface area contributed by atoms with Gasteiger partial charge in [0, 0.05) is 6.04 Å². The van der Waals surface area contributed by atoms with E-state index in [1.165, 1.54) is 57.8 Å². The molecule has 1 nitrogen and oxygen atoms in total. The fourth-order valence-corrected chi connectivity index (χ4v) is 3.09. The van der Waals surface area contributed by atoms with Gasteiger partial charge in [0.25, 0.3) is 0 Å². The van der Waals surface area contributed by atoms with Crippen LogP contribution >= 0.6 is 0 Å². The molecule has 0 radical (unpaired) electrons. The van der Waals surface area contributed by atoms with Crippen molar-refractivity contribution in [3.8, 4) is 0 Å². The van der Waals surface area contributed by atoms with Gasteiger partial charge in [-0.25, -0.2) is 0 Å². The first-order valence-electron chi connectivity index (χ1n) is 7.01. The summed E-state index contributed by atoms with van der Waals surface area (Å²) in [6.07, 6.45) is 12.4. The Labute approximate surface area is 95.8 Å². The Morgan fingerprint density at radius 2 is 1.53 bits per heavy atom. The monoisotopic (exact) mass is 211 g/mol. The molecule has 0 aromatic carbocycles. The third-order valence-corrected chi connectivity index (χ3v) is 3.95. The summed E-state index contributed by atoms with van der Waals surface area (Å²) in [4.78, 5) is 0. The summed E-state index contributed by atoms with van der Waals surface area (Å²) in [6.45, 7) is 4.64. The fourth-order valence-electron chi connectivity index (χ4n) is 3.09. The molecule has 1 rings (SSSR count). The first-order chi connectivity index (χ1) is 7.26. The van der Waals surface area contributed by atoms with Gasteiger partial charge in [0.1, 0.15) is 0 Å². The molecule has 1 heteroatoms.